The molecular formula is C60H95N16O16S3+. The summed E-state index contributed by atoms with van der Waals surface area (Å²) in [5.41, 5.74) is 20.3. The molecule has 0 aliphatic carbocycles. The van der Waals surface area contributed by atoms with E-state index >= 15 is 0 Å². The van der Waals surface area contributed by atoms with E-state index in [1.807, 2.05) is 13.8 Å². The second kappa shape index (κ2) is 38.0. The molecule has 0 spiro atoms. The van der Waals surface area contributed by atoms with E-state index in [-0.39, 0.29) is 93.6 Å². The summed E-state index contributed by atoms with van der Waals surface area (Å²) in [5, 5.41) is 33.0. The van der Waals surface area contributed by atoms with E-state index in [1.165, 1.54) is 52.8 Å². The van der Waals surface area contributed by atoms with Crippen LogP contribution >= 0.6 is 37.9 Å². The summed E-state index contributed by atoms with van der Waals surface area (Å²) in [5.74, 6) is -14.1. The Kier molecular flexibility index (Phi) is 31.8. The van der Waals surface area contributed by atoms with Crippen LogP contribution in [-0.4, -0.2) is 224 Å². The minimum Gasteiger partial charge on any atom is -0.508 e. The van der Waals surface area contributed by atoms with Crippen LogP contribution in [0.3, 0.4) is 0 Å². The molecule has 35 heteroatoms. The minimum absolute atomic E-state index is 0.0124. The molecule has 1 aromatic carbocycles. The Balaban J connectivity index is 1.51. The molecule has 1 aromatic rings. The van der Waals surface area contributed by atoms with Gasteiger partial charge in [0, 0.05) is 49.7 Å². The van der Waals surface area contributed by atoms with Crippen LogP contribution in [0, 0.1) is 17.8 Å². The number of phenolic OH excluding ortho intramolecular Hbond substituents is 1. The van der Waals surface area contributed by atoms with E-state index in [4.69, 9.17) is 17.2 Å². The third kappa shape index (κ3) is 23.5. The predicted molar refractivity (Wildman–Crippen MR) is 353 cm³/mol. The SMILES string of the molecule is CC(C)C[C@H](NC(=O)[C@H](CS)NC(=O)[C@@H]1CCCN1C(=O)[C@@H](NC(=O)[C@@H]1CCCN1C(=O)[C@@H]1CCCN1C(=O)[C@H](CS)NC(=O)[C@H](Cc1ccc(O)cc1)NC(=O)[C@H](CC(N)=O)NC(=O)[C@@H](NC(=O)[C@H](CCC(N)=O)NC(=O)[C@H](CS)NC(=O)C[NH3+])C(C)C)C(C)C)C(N)=O. The van der Waals surface area contributed by atoms with Crippen molar-refractivity contribution < 1.29 is 82.8 Å². The number of carbonyl (C=O) groups excluding carboxylic acids is 15. The van der Waals surface area contributed by atoms with Gasteiger partial charge in [-0.15, -0.1) is 0 Å². The fourth-order valence-corrected chi connectivity index (χ4v) is 12.0. The molecule has 19 N–H and O–H groups in total. The van der Waals surface area contributed by atoms with Crippen molar-refractivity contribution in [2.24, 2.45) is 35.0 Å². The zero-order valence-corrected chi connectivity index (χ0v) is 57.1. The second-order valence-corrected chi connectivity index (χ2v) is 26.0. The number of nitrogens with two attached hydrogens (primary N) is 3. The van der Waals surface area contributed by atoms with Crippen LogP contribution in [0.25, 0.3) is 0 Å². The van der Waals surface area contributed by atoms with Gasteiger partial charge in [-0.1, -0.05) is 53.7 Å². The van der Waals surface area contributed by atoms with Gasteiger partial charge in [0.2, 0.25) is 82.7 Å². The molecule has 32 nitrogen and oxygen atoms in total. The van der Waals surface area contributed by atoms with Crippen molar-refractivity contribution in [1.29, 1.82) is 0 Å². The Hall–Kier alpha value is -7.92. The first-order chi connectivity index (χ1) is 44.8. The van der Waals surface area contributed by atoms with Crippen molar-refractivity contribution in [2.45, 2.75) is 185 Å². The van der Waals surface area contributed by atoms with E-state index < -0.39 is 186 Å². The highest BCUT2D eigenvalue weighted by Gasteiger charge is 2.46. The molecule has 0 saturated carbocycles. The van der Waals surface area contributed by atoms with Crippen LogP contribution in [0.4, 0.5) is 0 Å². The number of nitrogens with one attached hydrogen (secondary N) is 9. The van der Waals surface area contributed by atoms with E-state index in [1.54, 1.807) is 13.8 Å². The average molecular weight is 1390 g/mol. The highest BCUT2D eigenvalue weighted by atomic mass is 32.1. The molecule has 15 amide bonds. The molecule has 3 aliphatic rings. The van der Waals surface area contributed by atoms with Crippen LogP contribution in [0.1, 0.15) is 111 Å². The summed E-state index contributed by atoms with van der Waals surface area (Å²) in [6.07, 6.45) is 0.144. The highest BCUT2D eigenvalue weighted by molar-refractivity contribution is 7.80. The van der Waals surface area contributed by atoms with Gasteiger partial charge in [-0.05, 0) is 86.8 Å². The lowest BCUT2D eigenvalue weighted by atomic mass is 10.0. The number of primary amides is 3. The number of rotatable bonds is 36. The lowest BCUT2D eigenvalue weighted by molar-refractivity contribution is -0.355. The van der Waals surface area contributed by atoms with Gasteiger partial charge in [-0.3, -0.25) is 71.9 Å². The normalized spacial score (nSPS) is 19.0. The van der Waals surface area contributed by atoms with Crippen molar-refractivity contribution in [3.63, 3.8) is 0 Å². The molecule has 0 bridgehead atoms. The Bertz CT molecular complexity index is 2960. The highest BCUT2D eigenvalue weighted by Crippen LogP contribution is 2.28. The van der Waals surface area contributed by atoms with Crippen molar-refractivity contribution in [1.82, 2.24) is 62.6 Å². The molecule has 3 aliphatic heterocycles. The summed E-state index contributed by atoms with van der Waals surface area (Å²) >= 11 is 12.7. The molecule has 3 heterocycles. The lowest BCUT2D eigenvalue weighted by Gasteiger charge is -2.34. The second-order valence-electron chi connectivity index (χ2n) is 24.9. The van der Waals surface area contributed by atoms with Gasteiger partial charge in [-0.2, -0.15) is 37.9 Å². The van der Waals surface area contributed by atoms with Gasteiger partial charge in [0.15, 0.2) is 6.54 Å². The fourth-order valence-electron chi connectivity index (χ4n) is 11.2. The number of carbonyl (C=O) groups is 15. The molecular weight excluding hydrogens is 1300 g/mol. The average Bonchev–Trinajstić information content (AvgIpc) is 1.70. The van der Waals surface area contributed by atoms with Crippen LogP contribution < -0.4 is 70.8 Å². The van der Waals surface area contributed by atoms with Crippen molar-refractivity contribution in [3.8, 4) is 5.75 Å². The van der Waals surface area contributed by atoms with Crippen LogP contribution in [0.15, 0.2) is 24.3 Å². The maximum atomic E-state index is 14.7. The van der Waals surface area contributed by atoms with Gasteiger partial charge < -0.3 is 90.6 Å². The number of hydrogen-bond donors (Lipinski definition) is 17. The third-order valence-corrected chi connectivity index (χ3v) is 17.5. The number of benzene rings is 1. The van der Waals surface area contributed by atoms with Gasteiger partial charge >= 0.3 is 0 Å². The van der Waals surface area contributed by atoms with E-state index in [2.05, 4.69) is 91.5 Å². The third-order valence-electron chi connectivity index (χ3n) is 16.4. The number of hydrogen-bond acceptors (Lipinski definition) is 19. The fraction of sp³-hybridized carbons (Fsp3) is 0.650. The Morgan fingerprint density at radius 1 is 0.505 bits per heavy atom. The Labute approximate surface area is 567 Å². The first kappa shape index (κ1) is 79.5. The smallest absolute Gasteiger partial charge is 0.275 e. The van der Waals surface area contributed by atoms with Crippen LogP contribution in [0.5, 0.6) is 5.75 Å². The van der Waals surface area contributed by atoms with Gasteiger partial charge in [-0.25, -0.2) is 0 Å². The zero-order valence-electron chi connectivity index (χ0n) is 54.4. The number of amides is 15. The number of thiol groups is 3. The molecule has 4 rings (SSSR count). The molecule has 0 radical (unpaired) electrons. The van der Waals surface area contributed by atoms with Crippen LogP contribution in [0.2, 0.25) is 0 Å². The van der Waals surface area contributed by atoms with Gasteiger partial charge in [0.25, 0.3) is 5.91 Å². The zero-order chi connectivity index (χ0) is 71.1. The largest absolute Gasteiger partial charge is 0.508 e. The van der Waals surface area contributed by atoms with E-state index in [0.29, 0.717) is 24.8 Å². The van der Waals surface area contributed by atoms with E-state index in [0.717, 1.165) is 0 Å². The first-order valence-corrected chi connectivity index (χ1v) is 33.6. The maximum absolute atomic E-state index is 14.7. The lowest BCUT2D eigenvalue weighted by Crippen LogP contribution is -2.62. The number of likely N-dealkylation sites (tertiary alicyclic amines) is 3. The molecule has 528 valence electrons. The summed E-state index contributed by atoms with van der Waals surface area (Å²) in [6.45, 7) is 10.3. The molecule has 3 fully saturated rings. The standard InChI is InChI=1S/C60H94N16O16S3/c1-29(2)22-35(49(64)81)67-54(86)39(27-94)70-55(87)41-10-8-20-75(41)60(92)48(31(5)6)73-56(88)42-11-7-19-74(42)59(91)43-12-9-21-76(43)58(90)40(28-95)71-51(83)36(23-32-13-15-33(77)16-14-32)68-52(84)37(24-45(63)79)69-57(89)47(30(3)4)72-50(82)34(17-18-44(62)78)66-53(85)38(26-93)65-46(80)25-61/h13-16,29-31,34-43,47-48,77,93-95H,7-12,17-28,61H2,1-6H3,(H2,62,78)(H2,63,79)(H2,64,81)(H,65,80)(H,66,85)(H,67,86)(H,68,84)(H,69,89)(H,70,87)(H,71,83)(H,72,82)(H,73,88)/p+1/t34-,35-,36-,37-,38-,39-,40-,41-,42-,43-,47-,48-/m0/s1. The monoisotopic (exact) mass is 1390 g/mol. The van der Waals surface area contributed by atoms with Crippen LogP contribution in [-0.2, 0) is 78.3 Å². The maximum Gasteiger partial charge on any atom is 0.275 e. The van der Waals surface area contributed by atoms with E-state index in [9.17, 15) is 77.0 Å². The Morgan fingerprint density at radius 3 is 1.47 bits per heavy atom. The number of phenols is 1. The Morgan fingerprint density at radius 2 is 0.958 bits per heavy atom. The molecule has 0 aromatic heterocycles. The summed E-state index contributed by atoms with van der Waals surface area (Å²) in [4.78, 5) is 207. The molecule has 12 atom stereocenters. The number of quaternary nitrogens is 1. The molecule has 95 heavy (non-hydrogen) atoms. The number of nitrogens with zero attached hydrogens (tertiary/aromatic N) is 3. The summed E-state index contributed by atoms with van der Waals surface area (Å²) < 4.78 is 0. The quantitative estimate of drug-likeness (QED) is 0.0279. The minimum atomic E-state index is -1.81. The van der Waals surface area contributed by atoms with Gasteiger partial charge in [0.05, 0.1) is 6.42 Å². The summed E-state index contributed by atoms with van der Waals surface area (Å²) in [6, 6.07) is -10.1. The molecule has 0 unspecified atom stereocenters. The number of aromatic hydroxyl groups is 1. The topological polar surface area (TPSA) is 500 Å². The predicted octanol–water partition coefficient (Wildman–Crippen LogP) is -5.71. The summed E-state index contributed by atoms with van der Waals surface area (Å²) in [7, 11) is 0. The molecule has 3 saturated heterocycles. The van der Waals surface area contributed by atoms with Crippen molar-refractivity contribution in [2.75, 3.05) is 43.4 Å². The first-order valence-electron chi connectivity index (χ1n) is 31.7. The van der Waals surface area contributed by atoms with Gasteiger partial charge in [0.1, 0.15) is 78.3 Å². The van der Waals surface area contributed by atoms with Crippen molar-refractivity contribution >= 4 is 126 Å². The van der Waals surface area contributed by atoms with Crippen molar-refractivity contribution in [3.05, 3.63) is 29.8 Å².